The number of carbonyl (C=O) groups is 1. The molecule has 0 radical (unpaired) electrons. The Bertz CT molecular complexity index is 1520. The van der Waals surface area contributed by atoms with Crippen molar-refractivity contribution in [3.05, 3.63) is 48.2 Å². The number of alkyl halides is 3. The van der Waals surface area contributed by atoms with Gasteiger partial charge in [-0.15, -0.1) is 0 Å². The van der Waals surface area contributed by atoms with E-state index in [0.29, 0.717) is 41.2 Å². The van der Waals surface area contributed by atoms with E-state index in [0.717, 1.165) is 42.2 Å². The lowest BCUT2D eigenvalue weighted by atomic mass is 10.1. The molecular formula is C31H36F3N5O3S2. The zero-order valence-corrected chi connectivity index (χ0v) is 26.3. The van der Waals surface area contributed by atoms with Crippen LogP contribution in [-0.4, -0.2) is 87.8 Å². The van der Waals surface area contributed by atoms with E-state index in [9.17, 15) is 22.5 Å². The molecule has 3 aromatic rings. The van der Waals surface area contributed by atoms with Crippen LogP contribution in [0.15, 0.2) is 47.4 Å². The maximum atomic E-state index is 13.6. The normalized spacial score (nSPS) is 19.4. The molecule has 236 valence electrons. The number of carbonyl (C=O) groups excluding carboxylic acids is 1. The molecule has 8 nitrogen and oxygen atoms in total. The molecule has 44 heavy (non-hydrogen) atoms. The van der Waals surface area contributed by atoms with E-state index in [-0.39, 0.29) is 24.2 Å². The lowest BCUT2D eigenvalue weighted by molar-refractivity contribution is -0.140. The Morgan fingerprint density at radius 2 is 1.86 bits per heavy atom. The van der Waals surface area contributed by atoms with Crippen LogP contribution in [0.25, 0.3) is 10.9 Å². The molecule has 2 aliphatic rings. The molecule has 13 heteroatoms. The first-order chi connectivity index (χ1) is 21.1. The van der Waals surface area contributed by atoms with Gasteiger partial charge in [0.05, 0.1) is 30.6 Å². The zero-order chi connectivity index (χ0) is 31.3. The van der Waals surface area contributed by atoms with Crippen LogP contribution in [-0.2, 0) is 22.5 Å². The minimum absolute atomic E-state index is 0.0913. The van der Waals surface area contributed by atoms with Crippen LogP contribution < -0.4 is 15.4 Å². The predicted octanol–water partition coefficient (Wildman–Crippen LogP) is 5.17. The Hall–Kier alpha value is -3.18. The van der Waals surface area contributed by atoms with Gasteiger partial charge in [-0.05, 0) is 54.3 Å². The highest BCUT2D eigenvalue weighted by molar-refractivity contribution is 7.97. The van der Waals surface area contributed by atoms with E-state index < -0.39 is 23.9 Å². The number of hydrogen-bond donors (Lipinski definition) is 2. The summed E-state index contributed by atoms with van der Waals surface area (Å²) in [7, 11) is 1.58. The number of hydrogen-bond acceptors (Lipinski definition) is 7. The fourth-order valence-corrected chi connectivity index (χ4v) is 7.65. The molecule has 2 saturated heterocycles. The number of piperazine rings is 1. The summed E-state index contributed by atoms with van der Waals surface area (Å²) >= 11 is 0.810. The summed E-state index contributed by atoms with van der Waals surface area (Å²) in [5.41, 5.74) is 2.22. The van der Waals surface area contributed by atoms with E-state index in [1.807, 2.05) is 29.2 Å². The van der Waals surface area contributed by atoms with Gasteiger partial charge in [-0.3, -0.25) is 4.79 Å². The number of benzene rings is 2. The second-order valence-corrected chi connectivity index (χ2v) is 13.6. The molecule has 0 saturated carbocycles. The number of rotatable bonds is 8. The summed E-state index contributed by atoms with van der Waals surface area (Å²) in [6.45, 7) is 3.58. The van der Waals surface area contributed by atoms with Gasteiger partial charge in [-0.1, -0.05) is 23.2 Å². The van der Waals surface area contributed by atoms with Crippen molar-refractivity contribution in [2.45, 2.75) is 43.4 Å². The van der Waals surface area contributed by atoms with Crippen molar-refractivity contribution < 1.29 is 27.3 Å². The Balaban J connectivity index is 1.28. The number of aromatic nitrogens is 1. The maximum absolute atomic E-state index is 13.6. The average molecular weight is 648 g/mol. The molecule has 2 aliphatic heterocycles. The van der Waals surface area contributed by atoms with E-state index in [2.05, 4.69) is 26.8 Å². The van der Waals surface area contributed by atoms with Gasteiger partial charge in [0.25, 0.3) is 0 Å². The van der Waals surface area contributed by atoms with Gasteiger partial charge < -0.3 is 29.4 Å². The molecule has 1 amide bonds. The number of nitrogens with zero attached hydrogens (tertiary/aromatic N) is 3. The summed E-state index contributed by atoms with van der Waals surface area (Å²) in [6, 6.07) is 12.9. The molecular weight excluding hydrogens is 612 g/mol. The zero-order valence-electron chi connectivity index (χ0n) is 24.7. The molecule has 2 aromatic carbocycles. The van der Waals surface area contributed by atoms with E-state index in [1.165, 1.54) is 4.57 Å². The number of ether oxygens (including phenoxy) is 1. The fraction of sp³-hybridized carbons (Fsp3) is 0.452. The smallest absolute Gasteiger partial charge is 0.406 e. The van der Waals surface area contributed by atoms with Crippen molar-refractivity contribution in [1.82, 2.24) is 13.8 Å². The Kier molecular flexibility index (Phi) is 10.5. The highest BCUT2D eigenvalue weighted by atomic mass is 32.2. The molecule has 0 bridgehead atoms. The first-order valence-corrected chi connectivity index (χ1v) is 16.8. The monoisotopic (exact) mass is 647 g/mol. The molecule has 0 atom stereocenters. The first kappa shape index (κ1) is 32.2. The maximum Gasteiger partial charge on any atom is 0.406 e. The summed E-state index contributed by atoms with van der Waals surface area (Å²) in [6.07, 6.45) is -2.90. The second-order valence-electron chi connectivity index (χ2n) is 10.8. The number of anilines is 2. The number of fused-ring (bicyclic) bond motifs is 1. The third kappa shape index (κ3) is 8.29. The SMILES string of the molecule is COc1cc(SN2CCN(C(C)=O)CC2)ccc1NCC#Cc1cc2c(NC3CC[S+]([O-])CC3)cccc2n1CC(F)(F)F. The molecule has 0 unspecified atom stereocenters. The van der Waals surface area contributed by atoms with Crippen molar-refractivity contribution in [3.63, 3.8) is 0 Å². The Morgan fingerprint density at radius 1 is 1.11 bits per heavy atom. The molecule has 2 fully saturated rings. The van der Waals surface area contributed by atoms with Gasteiger partial charge in [0.1, 0.15) is 23.8 Å². The fourth-order valence-electron chi connectivity index (χ4n) is 5.41. The van der Waals surface area contributed by atoms with Crippen LogP contribution in [0.1, 0.15) is 25.5 Å². The van der Waals surface area contributed by atoms with Crippen LogP contribution >= 0.6 is 11.9 Å². The number of amides is 1. The van der Waals surface area contributed by atoms with Crippen molar-refractivity contribution in [2.24, 2.45) is 0 Å². The Morgan fingerprint density at radius 3 is 2.55 bits per heavy atom. The minimum atomic E-state index is -4.41. The van der Waals surface area contributed by atoms with E-state index in [4.69, 9.17) is 4.74 Å². The molecule has 0 spiro atoms. The average Bonchev–Trinajstić information content (AvgIpc) is 3.33. The van der Waals surface area contributed by atoms with Crippen LogP contribution in [0, 0.1) is 11.8 Å². The largest absolute Gasteiger partial charge is 0.616 e. The van der Waals surface area contributed by atoms with E-state index >= 15 is 0 Å². The van der Waals surface area contributed by atoms with E-state index in [1.54, 1.807) is 44.2 Å². The topological polar surface area (TPSA) is 84.8 Å². The quantitative estimate of drug-likeness (QED) is 0.198. The summed E-state index contributed by atoms with van der Waals surface area (Å²) in [5.74, 6) is 7.90. The highest BCUT2D eigenvalue weighted by Crippen LogP contribution is 2.33. The molecule has 0 aliphatic carbocycles. The Labute approximate surface area is 263 Å². The highest BCUT2D eigenvalue weighted by Gasteiger charge is 2.30. The van der Waals surface area contributed by atoms with Crippen molar-refractivity contribution in [3.8, 4) is 17.6 Å². The summed E-state index contributed by atoms with van der Waals surface area (Å²) in [4.78, 5) is 14.4. The van der Waals surface area contributed by atoms with Gasteiger partial charge >= 0.3 is 6.18 Å². The minimum Gasteiger partial charge on any atom is -0.616 e. The third-order valence-corrected chi connectivity index (χ3v) is 10.2. The van der Waals surface area contributed by atoms with Crippen LogP contribution in [0.5, 0.6) is 5.75 Å². The molecule has 3 heterocycles. The number of nitrogens with one attached hydrogen (secondary N) is 2. The van der Waals surface area contributed by atoms with Crippen molar-refractivity contribution in [2.75, 3.05) is 62.0 Å². The van der Waals surface area contributed by atoms with Crippen LogP contribution in [0.3, 0.4) is 0 Å². The lowest BCUT2D eigenvalue weighted by Crippen LogP contribution is -2.45. The van der Waals surface area contributed by atoms with Crippen LogP contribution in [0.4, 0.5) is 24.5 Å². The molecule has 1 aromatic heterocycles. The first-order valence-electron chi connectivity index (χ1n) is 14.5. The number of halogens is 3. The summed E-state index contributed by atoms with van der Waals surface area (Å²) in [5, 5.41) is 7.36. The standard InChI is InChI=1S/C31H36F3N5O3S2/c1-22(40)37-13-15-38(16-14-37)43-25-8-9-28(30(20-25)42-2)35-12-4-5-24-19-26-27(36-23-10-17-44(41)18-11-23)6-3-7-29(26)39(24)21-31(32,33)34/h3,6-9,19-20,23,35-36H,10-18,21H2,1-2H3. The van der Waals surface area contributed by atoms with Crippen LogP contribution in [0.2, 0.25) is 0 Å². The predicted molar refractivity (Wildman–Crippen MR) is 171 cm³/mol. The van der Waals surface area contributed by atoms with Gasteiger partial charge in [0.15, 0.2) is 0 Å². The summed E-state index contributed by atoms with van der Waals surface area (Å²) < 4.78 is 61.6. The van der Waals surface area contributed by atoms with Gasteiger partial charge in [-0.2, -0.15) is 13.2 Å². The van der Waals surface area contributed by atoms with Crippen molar-refractivity contribution in [1.29, 1.82) is 0 Å². The van der Waals surface area contributed by atoms with Gasteiger partial charge in [-0.25, -0.2) is 4.31 Å². The number of methoxy groups -OCH3 is 1. The lowest BCUT2D eigenvalue weighted by Gasteiger charge is -2.33. The van der Waals surface area contributed by atoms with Crippen molar-refractivity contribution >= 4 is 51.3 Å². The molecule has 5 rings (SSSR count). The molecule has 2 N–H and O–H groups in total. The second kappa shape index (κ2) is 14.3. The van der Waals surface area contributed by atoms with Gasteiger partial charge in [0, 0.05) is 68.0 Å². The third-order valence-electron chi connectivity index (χ3n) is 7.71. The van der Waals surface area contributed by atoms with Gasteiger partial charge in [0.2, 0.25) is 5.91 Å².